The molecule has 6 nitrogen and oxygen atoms in total. The number of nitrogens with zero attached hydrogens (tertiary/aromatic N) is 4. The molecule has 0 aliphatic carbocycles. The van der Waals surface area contributed by atoms with Gasteiger partial charge in [0.25, 0.3) is 5.91 Å². The highest BCUT2D eigenvalue weighted by Crippen LogP contribution is 2.21. The zero-order valence-corrected chi connectivity index (χ0v) is 16.0. The van der Waals surface area contributed by atoms with E-state index in [4.69, 9.17) is 0 Å². The SMILES string of the molecule is Cc1nc(CCNC(=O)c2cnn(-c3ccccc3F)c2-n2cccc2)cs1. The van der Waals surface area contributed by atoms with Gasteiger partial charge in [-0.05, 0) is 31.2 Å². The summed E-state index contributed by atoms with van der Waals surface area (Å²) < 4.78 is 17.5. The number of rotatable bonds is 6. The molecule has 0 saturated carbocycles. The maximum atomic E-state index is 14.3. The zero-order valence-electron chi connectivity index (χ0n) is 15.2. The van der Waals surface area contributed by atoms with Crippen molar-refractivity contribution >= 4 is 17.2 Å². The number of benzene rings is 1. The first-order valence-electron chi connectivity index (χ1n) is 8.79. The predicted molar refractivity (Wildman–Crippen MR) is 106 cm³/mol. The summed E-state index contributed by atoms with van der Waals surface area (Å²) in [6.07, 6.45) is 5.70. The van der Waals surface area contributed by atoms with E-state index in [1.54, 1.807) is 46.5 Å². The first-order valence-corrected chi connectivity index (χ1v) is 9.67. The summed E-state index contributed by atoms with van der Waals surface area (Å²) in [5.74, 6) is -0.194. The van der Waals surface area contributed by atoms with Crippen molar-refractivity contribution in [2.75, 3.05) is 6.54 Å². The van der Waals surface area contributed by atoms with Crippen molar-refractivity contribution in [1.29, 1.82) is 0 Å². The third kappa shape index (κ3) is 3.59. The van der Waals surface area contributed by atoms with Gasteiger partial charge in [-0.2, -0.15) is 5.10 Å². The Kier molecular flexibility index (Phi) is 5.03. The van der Waals surface area contributed by atoms with Gasteiger partial charge in [0.1, 0.15) is 17.1 Å². The predicted octanol–water partition coefficient (Wildman–Crippen LogP) is 3.54. The van der Waals surface area contributed by atoms with Crippen LogP contribution in [0.5, 0.6) is 0 Å². The van der Waals surface area contributed by atoms with Crippen LogP contribution in [0.1, 0.15) is 21.1 Å². The third-order valence-corrected chi connectivity index (χ3v) is 5.07. The first-order chi connectivity index (χ1) is 13.6. The Morgan fingerprint density at radius 2 is 2.00 bits per heavy atom. The number of thiazole rings is 1. The van der Waals surface area contributed by atoms with Crippen LogP contribution in [-0.4, -0.2) is 31.8 Å². The van der Waals surface area contributed by atoms with E-state index in [0.717, 1.165) is 10.7 Å². The smallest absolute Gasteiger partial charge is 0.256 e. The van der Waals surface area contributed by atoms with Gasteiger partial charge in [0.2, 0.25) is 0 Å². The lowest BCUT2D eigenvalue weighted by Crippen LogP contribution is -2.26. The number of carbonyl (C=O) groups is 1. The van der Waals surface area contributed by atoms with Crippen LogP contribution in [0, 0.1) is 12.7 Å². The Morgan fingerprint density at radius 3 is 2.71 bits per heavy atom. The fraction of sp³-hybridized carbons (Fsp3) is 0.150. The Labute approximate surface area is 165 Å². The molecule has 0 aliphatic heterocycles. The van der Waals surface area contributed by atoms with Gasteiger partial charge in [0.15, 0.2) is 5.82 Å². The lowest BCUT2D eigenvalue weighted by molar-refractivity contribution is 0.0954. The number of amides is 1. The normalized spacial score (nSPS) is 10.9. The molecule has 1 amide bonds. The standard InChI is InChI=1S/C20H18FN5OS/c1-14-24-15(13-28-14)8-9-22-19(27)16-12-23-26(18-7-3-2-6-17(18)21)20(16)25-10-4-5-11-25/h2-7,10-13H,8-9H2,1H3,(H,22,27). The van der Waals surface area contributed by atoms with E-state index in [0.29, 0.717) is 24.3 Å². The summed E-state index contributed by atoms with van der Waals surface area (Å²) in [7, 11) is 0. The van der Waals surface area contributed by atoms with E-state index >= 15 is 0 Å². The van der Waals surface area contributed by atoms with Crippen LogP contribution in [0.3, 0.4) is 0 Å². The van der Waals surface area contributed by atoms with Crippen LogP contribution >= 0.6 is 11.3 Å². The molecular formula is C20H18FN5OS. The summed E-state index contributed by atoms with van der Waals surface area (Å²) in [5, 5.41) is 10.2. The second kappa shape index (κ2) is 7.77. The fourth-order valence-electron chi connectivity index (χ4n) is 2.95. The summed E-state index contributed by atoms with van der Waals surface area (Å²) in [6.45, 7) is 2.41. The minimum absolute atomic E-state index is 0.266. The van der Waals surface area contributed by atoms with Crippen molar-refractivity contribution in [2.45, 2.75) is 13.3 Å². The number of para-hydroxylation sites is 1. The highest BCUT2D eigenvalue weighted by atomic mass is 32.1. The van der Waals surface area contributed by atoms with E-state index in [9.17, 15) is 9.18 Å². The number of aryl methyl sites for hydroxylation is 1. The van der Waals surface area contributed by atoms with Crippen molar-refractivity contribution in [1.82, 2.24) is 24.6 Å². The number of nitrogens with one attached hydrogen (secondary N) is 1. The molecule has 1 N–H and O–H groups in total. The molecule has 4 rings (SSSR count). The maximum Gasteiger partial charge on any atom is 0.256 e. The van der Waals surface area contributed by atoms with Crippen LogP contribution in [0.4, 0.5) is 4.39 Å². The van der Waals surface area contributed by atoms with Gasteiger partial charge in [0.05, 0.1) is 16.9 Å². The van der Waals surface area contributed by atoms with E-state index in [1.807, 2.05) is 24.4 Å². The maximum absolute atomic E-state index is 14.3. The average Bonchev–Trinajstić information content (AvgIpc) is 3.42. The minimum atomic E-state index is -0.412. The second-order valence-corrected chi connectivity index (χ2v) is 7.26. The Morgan fingerprint density at radius 1 is 1.21 bits per heavy atom. The lowest BCUT2D eigenvalue weighted by atomic mass is 10.2. The molecule has 0 radical (unpaired) electrons. The van der Waals surface area contributed by atoms with Crippen LogP contribution in [0.15, 0.2) is 60.4 Å². The molecule has 0 unspecified atom stereocenters. The molecule has 0 bridgehead atoms. The van der Waals surface area contributed by atoms with Crippen molar-refractivity contribution < 1.29 is 9.18 Å². The van der Waals surface area contributed by atoms with E-state index < -0.39 is 5.82 Å². The van der Waals surface area contributed by atoms with E-state index in [1.165, 1.54) is 16.9 Å². The largest absolute Gasteiger partial charge is 0.351 e. The number of carbonyl (C=O) groups excluding carboxylic acids is 1. The highest BCUT2D eigenvalue weighted by molar-refractivity contribution is 7.09. The molecule has 0 atom stereocenters. The van der Waals surface area contributed by atoms with Crippen LogP contribution in [0.2, 0.25) is 0 Å². The molecule has 8 heteroatoms. The average molecular weight is 395 g/mol. The third-order valence-electron chi connectivity index (χ3n) is 4.25. The van der Waals surface area contributed by atoms with Gasteiger partial charge in [-0.1, -0.05) is 12.1 Å². The van der Waals surface area contributed by atoms with Crippen LogP contribution in [0.25, 0.3) is 11.5 Å². The zero-order chi connectivity index (χ0) is 19.5. The molecule has 4 aromatic rings. The van der Waals surface area contributed by atoms with Gasteiger partial charge >= 0.3 is 0 Å². The molecule has 0 fully saturated rings. The van der Waals surface area contributed by atoms with Gasteiger partial charge in [-0.15, -0.1) is 11.3 Å². The van der Waals surface area contributed by atoms with Gasteiger partial charge in [-0.25, -0.2) is 14.1 Å². The van der Waals surface area contributed by atoms with E-state index in [2.05, 4.69) is 15.4 Å². The summed E-state index contributed by atoms with van der Waals surface area (Å²) in [6, 6.07) is 10.0. The number of aromatic nitrogens is 4. The number of hydrogen-bond donors (Lipinski definition) is 1. The van der Waals surface area contributed by atoms with E-state index in [-0.39, 0.29) is 11.6 Å². The summed E-state index contributed by atoms with van der Waals surface area (Å²) in [5.41, 5.74) is 1.60. The van der Waals surface area contributed by atoms with Crippen molar-refractivity contribution in [2.24, 2.45) is 0 Å². The molecule has 0 spiro atoms. The molecule has 3 heterocycles. The summed E-state index contributed by atoms with van der Waals surface area (Å²) >= 11 is 1.59. The van der Waals surface area contributed by atoms with Crippen LogP contribution in [-0.2, 0) is 6.42 Å². The van der Waals surface area contributed by atoms with Crippen molar-refractivity contribution in [3.05, 3.63) is 82.5 Å². The summed E-state index contributed by atoms with van der Waals surface area (Å²) in [4.78, 5) is 17.2. The monoisotopic (exact) mass is 395 g/mol. The second-order valence-electron chi connectivity index (χ2n) is 6.20. The molecule has 0 aliphatic rings. The molecule has 3 aromatic heterocycles. The minimum Gasteiger partial charge on any atom is -0.351 e. The molecule has 0 saturated heterocycles. The highest BCUT2D eigenvalue weighted by Gasteiger charge is 2.21. The number of hydrogen-bond acceptors (Lipinski definition) is 4. The quantitative estimate of drug-likeness (QED) is 0.543. The molecular weight excluding hydrogens is 377 g/mol. The molecule has 142 valence electrons. The number of halogens is 1. The lowest BCUT2D eigenvalue weighted by Gasteiger charge is -2.11. The van der Waals surface area contributed by atoms with Gasteiger partial charge < -0.3 is 9.88 Å². The Bertz CT molecular complexity index is 1100. The molecule has 1 aromatic carbocycles. The van der Waals surface area contributed by atoms with Crippen molar-refractivity contribution in [3.8, 4) is 11.5 Å². The van der Waals surface area contributed by atoms with Gasteiger partial charge in [0, 0.05) is 30.7 Å². The first kappa shape index (κ1) is 18.1. The van der Waals surface area contributed by atoms with Crippen LogP contribution < -0.4 is 5.32 Å². The van der Waals surface area contributed by atoms with Gasteiger partial charge in [-0.3, -0.25) is 4.79 Å². The Hall–Kier alpha value is -3.26. The topological polar surface area (TPSA) is 64.7 Å². The fourth-order valence-corrected chi connectivity index (χ4v) is 3.60. The Balaban J connectivity index is 1.62. The molecule has 28 heavy (non-hydrogen) atoms. The van der Waals surface area contributed by atoms with Crippen molar-refractivity contribution in [3.63, 3.8) is 0 Å².